The number of nitrogen functional groups attached to an aromatic ring is 1. The van der Waals surface area contributed by atoms with E-state index in [1.807, 2.05) is 6.07 Å². The molecule has 116 valence electrons. The molecule has 2 N–H and O–H groups in total. The van der Waals surface area contributed by atoms with Crippen molar-refractivity contribution in [3.05, 3.63) is 70.5 Å². The van der Waals surface area contributed by atoms with Crippen molar-refractivity contribution in [1.82, 2.24) is 9.97 Å². The molecule has 7 heteroatoms. The molecule has 0 aliphatic heterocycles. The summed E-state index contributed by atoms with van der Waals surface area (Å²) < 4.78 is 0. The summed E-state index contributed by atoms with van der Waals surface area (Å²) in [7, 11) is 0. The molecule has 1 aromatic carbocycles. The number of non-ortho nitro benzene ring substituents is 1. The molecule has 0 unspecified atom stereocenters. The minimum absolute atomic E-state index is 0.00662. The number of anilines is 1. The first-order valence-electron chi connectivity index (χ1n) is 6.96. The molecule has 0 fully saturated rings. The number of pyridine rings is 2. The Morgan fingerprint density at radius 2 is 1.92 bits per heavy atom. The fourth-order valence-electron chi connectivity index (χ4n) is 2.33. The van der Waals surface area contributed by atoms with Gasteiger partial charge in [-0.3, -0.25) is 15.1 Å². The monoisotopic (exact) mass is 317 g/mol. The maximum absolute atomic E-state index is 10.8. The predicted octanol–water partition coefficient (Wildman–Crippen LogP) is 3.17. The standard InChI is InChI=1S/C17H11N5O2/c18-9-15-14(12-2-1-7-20-10-12)8-16(21-17(15)19)11-3-5-13(6-4-11)22(23)24/h1-8,10H,(H2,19,21). The Bertz CT molecular complexity index is 947. The predicted molar refractivity (Wildman–Crippen MR) is 88.7 cm³/mol. The van der Waals surface area contributed by atoms with Gasteiger partial charge in [-0.05, 0) is 24.3 Å². The van der Waals surface area contributed by atoms with Crippen LogP contribution >= 0.6 is 0 Å². The molecule has 0 radical (unpaired) electrons. The van der Waals surface area contributed by atoms with Gasteiger partial charge in [0.25, 0.3) is 5.69 Å². The minimum atomic E-state index is -0.467. The van der Waals surface area contributed by atoms with Crippen LogP contribution in [0.2, 0.25) is 0 Å². The lowest BCUT2D eigenvalue weighted by atomic mass is 9.99. The first kappa shape index (κ1) is 15.1. The highest BCUT2D eigenvalue weighted by molar-refractivity contribution is 5.79. The number of nitrogens with two attached hydrogens (primary N) is 1. The van der Waals surface area contributed by atoms with Crippen LogP contribution in [0.15, 0.2) is 54.9 Å². The van der Waals surface area contributed by atoms with E-state index in [0.717, 1.165) is 5.56 Å². The molecular weight excluding hydrogens is 306 g/mol. The molecule has 2 heterocycles. The van der Waals surface area contributed by atoms with Crippen molar-refractivity contribution >= 4 is 11.5 Å². The van der Waals surface area contributed by atoms with Gasteiger partial charge in [-0.25, -0.2) is 4.98 Å². The van der Waals surface area contributed by atoms with E-state index >= 15 is 0 Å². The van der Waals surface area contributed by atoms with Crippen LogP contribution < -0.4 is 5.73 Å². The second-order valence-electron chi connectivity index (χ2n) is 4.97. The summed E-state index contributed by atoms with van der Waals surface area (Å²) in [6.07, 6.45) is 3.27. The van der Waals surface area contributed by atoms with Crippen LogP contribution in [0.5, 0.6) is 0 Å². The molecule has 0 aliphatic rings. The Morgan fingerprint density at radius 1 is 1.17 bits per heavy atom. The molecule has 7 nitrogen and oxygen atoms in total. The number of benzene rings is 1. The normalized spacial score (nSPS) is 10.1. The van der Waals surface area contributed by atoms with Gasteiger partial charge in [0, 0.05) is 41.2 Å². The summed E-state index contributed by atoms with van der Waals surface area (Å²) in [5.41, 5.74) is 8.74. The quantitative estimate of drug-likeness (QED) is 0.585. The second-order valence-corrected chi connectivity index (χ2v) is 4.97. The van der Waals surface area contributed by atoms with Crippen LogP contribution in [-0.2, 0) is 0 Å². The van der Waals surface area contributed by atoms with Gasteiger partial charge >= 0.3 is 0 Å². The van der Waals surface area contributed by atoms with E-state index in [1.165, 1.54) is 12.1 Å². The first-order chi connectivity index (χ1) is 11.6. The SMILES string of the molecule is N#Cc1c(-c2cccnc2)cc(-c2ccc([N+](=O)[O-])cc2)nc1N. The number of nitrogens with zero attached hydrogens (tertiary/aromatic N) is 4. The van der Waals surface area contributed by atoms with Crippen LogP contribution in [0, 0.1) is 21.4 Å². The molecule has 0 saturated carbocycles. The molecule has 24 heavy (non-hydrogen) atoms. The van der Waals surface area contributed by atoms with E-state index in [1.54, 1.807) is 36.7 Å². The summed E-state index contributed by atoms with van der Waals surface area (Å²) in [5, 5.41) is 20.1. The van der Waals surface area contributed by atoms with Gasteiger partial charge < -0.3 is 5.73 Å². The number of hydrogen-bond donors (Lipinski definition) is 1. The van der Waals surface area contributed by atoms with Crippen LogP contribution in [0.25, 0.3) is 22.4 Å². The zero-order valence-corrected chi connectivity index (χ0v) is 12.4. The molecule has 0 aliphatic carbocycles. The van der Waals surface area contributed by atoms with Crippen molar-refractivity contribution in [2.45, 2.75) is 0 Å². The van der Waals surface area contributed by atoms with Crippen molar-refractivity contribution in [3.63, 3.8) is 0 Å². The molecule has 0 saturated heterocycles. The lowest BCUT2D eigenvalue weighted by Gasteiger charge is -2.09. The van der Waals surface area contributed by atoms with Crippen molar-refractivity contribution in [2.75, 3.05) is 5.73 Å². The minimum Gasteiger partial charge on any atom is -0.383 e. The van der Waals surface area contributed by atoms with Crippen LogP contribution in [0.4, 0.5) is 11.5 Å². The highest BCUT2D eigenvalue weighted by Crippen LogP contribution is 2.31. The number of nitriles is 1. The Labute approximate surface area is 137 Å². The van der Waals surface area contributed by atoms with E-state index in [0.29, 0.717) is 16.8 Å². The summed E-state index contributed by atoms with van der Waals surface area (Å²) in [5.74, 6) is 0.104. The van der Waals surface area contributed by atoms with E-state index in [2.05, 4.69) is 16.0 Å². The van der Waals surface area contributed by atoms with E-state index < -0.39 is 4.92 Å². The summed E-state index contributed by atoms with van der Waals surface area (Å²) in [4.78, 5) is 18.6. The average molecular weight is 317 g/mol. The molecule has 0 spiro atoms. The van der Waals surface area contributed by atoms with Crippen molar-refractivity contribution in [1.29, 1.82) is 5.26 Å². The molecule has 0 bridgehead atoms. The number of nitro groups is 1. The highest BCUT2D eigenvalue weighted by atomic mass is 16.6. The smallest absolute Gasteiger partial charge is 0.269 e. The maximum atomic E-state index is 10.8. The van der Waals surface area contributed by atoms with E-state index in [9.17, 15) is 15.4 Å². The number of nitro benzene ring substituents is 1. The van der Waals surface area contributed by atoms with Gasteiger partial charge in [0.1, 0.15) is 17.5 Å². The Balaban J connectivity index is 2.15. The zero-order valence-electron chi connectivity index (χ0n) is 12.4. The molecule has 3 rings (SSSR count). The number of aromatic nitrogens is 2. The van der Waals surface area contributed by atoms with Crippen molar-refractivity contribution in [3.8, 4) is 28.5 Å². The number of rotatable bonds is 3. The summed E-state index contributed by atoms with van der Waals surface area (Å²) >= 11 is 0. The Hall–Kier alpha value is -3.79. The Kier molecular flexibility index (Phi) is 3.87. The summed E-state index contributed by atoms with van der Waals surface area (Å²) in [6, 6.07) is 13.4. The van der Waals surface area contributed by atoms with Crippen LogP contribution in [-0.4, -0.2) is 14.9 Å². The molecule has 0 amide bonds. The van der Waals surface area contributed by atoms with Gasteiger partial charge in [0.15, 0.2) is 0 Å². The lowest BCUT2D eigenvalue weighted by Crippen LogP contribution is -2.00. The molecular formula is C17H11N5O2. The molecule has 0 atom stereocenters. The topological polar surface area (TPSA) is 119 Å². The second kappa shape index (κ2) is 6.14. The lowest BCUT2D eigenvalue weighted by molar-refractivity contribution is -0.384. The fraction of sp³-hybridized carbons (Fsp3) is 0. The van der Waals surface area contributed by atoms with E-state index in [-0.39, 0.29) is 17.1 Å². The summed E-state index contributed by atoms with van der Waals surface area (Å²) in [6.45, 7) is 0. The van der Waals surface area contributed by atoms with Gasteiger partial charge in [0.2, 0.25) is 0 Å². The van der Waals surface area contributed by atoms with Crippen LogP contribution in [0.3, 0.4) is 0 Å². The van der Waals surface area contributed by atoms with Crippen molar-refractivity contribution < 1.29 is 4.92 Å². The third kappa shape index (κ3) is 2.76. The van der Waals surface area contributed by atoms with Gasteiger partial charge in [-0.15, -0.1) is 0 Å². The number of hydrogen-bond acceptors (Lipinski definition) is 6. The highest BCUT2D eigenvalue weighted by Gasteiger charge is 2.14. The van der Waals surface area contributed by atoms with E-state index in [4.69, 9.17) is 5.73 Å². The average Bonchev–Trinajstić information content (AvgIpc) is 2.62. The molecule has 3 aromatic rings. The van der Waals surface area contributed by atoms with Crippen molar-refractivity contribution in [2.24, 2.45) is 0 Å². The van der Waals surface area contributed by atoms with Crippen LogP contribution in [0.1, 0.15) is 5.56 Å². The largest absolute Gasteiger partial charge is 0.383 e. The molecule has 2 aromatic heterocycles. The zero-order chi connectivity index (χ0) is 17.1. The Morgan fingerprint density at radius 3 is 2.50 bits per heavy atom. The first-order valence-corrected chi connectivity index (χ1v) is 6.96. The third-order valence-corrected chi connectivity index (χ3v) is 3.51. The van der Waals surface area contributed by atoms with Gasteiger partial charge in [-0.1, -0.05) is 6.07 Å². The van der Waals surface area contributed by atoms with Gasteiger partial charge in [0.05, 0.1) is 10.6 Å². The third-order valence-electron chi connectivity index (χ3n) is 3.51. The fourth-order valence-corrected chi connectivity index (χ4v) is 2.33. The maximum Gasteiger partial charge on any atom is 0.269 e. The van der Waals surface area contributed by atoms with Gasteiger partial charge in [-0.2, -0.15) is 5.26 Å².